The quantitative estimate of drug-likeness (QED) is 0.547. The molecule has 3 nitrogen and oxygen atoms in total. The number of nitrogens with zero attached hydrogens (tertiary/aromatic N) is 1. The van der Waals surface area contributed by atoms with Crippen LogP contribution < -0.4 is 5.73 Å². The minimum absolute atomic E-state index is 0.0306. The van der Waals surface area contributed by atoms with Gasteiger partial charge in [0, 0.05) is 17.1 Å². The van der Waals surface area contributed by atoms with E-state index in [0.717, 1.165) is 5.39 Å². The van der Waals surface area contributed by atoms with Gasteiger partial charge in [0.1, 0.15) is 0 Å². The standard InChI is InChI=1S/C11H10N2O/c1-7(14)8-4-5-10(12)11-9(8)3-2-6-13-11/h2-6H,12H2,1H3. The van der Waals surface area contributed by atoms with Crippen molar-refractivity contribution in [2.45, 2.75) is 6.92 Å². The molecule has 0 saturated heterocycles. The Hall–Kier alpha value is -1.90. The van der Waals surface area contributed by atoms with Crippen molar-refractivity contribution in [1.29, 1.82) is 0 Å². The number of hydrogen-bond acceptors (Lipinski definition) is 3. The van der Waals surface area contributed by atoms with Gasteiger partial charge in [-0.15, -0.1) is 0 Å². The first-order chi connectivity index (χ1) is 6.70. The van der Waals surface area contributed by atoms with Crippen molar-refractivity contribution in [1.82, 2.24) is 4.98 Å². The van der Waals surface area contributed by atoms with Crippen LogP contribution in [0.4, 0.5) is 5.69 Å². The highest BCUT2D eigenvalue weighted by molar-refractivity contribution is 6.08. The van der Waals surface area contributed by atoms with Crippen LogP contribution in [-0.2, 0) is 0 Å². The molecule has 0 saturated carbocycles. The summed E-state index contributed by atoms with van der Waals surface area (Å²) >= 11 is 0. The fourth-order valence-electron chi connectivity index (χ4n) is 1.50. The average Bonchev–Trinajstić information content (AvgIpc) is 2.18. The van der Waals surface area contributed by atoms with E-state index in [1.165, 1.54) is 6.92 Å². The Bertz CT molecular complexity index is 506. The maximum Gasteiger partial charge on any atom is 0.160 e. The van der Waals surface area contributed by atoms with Gasteiger partial charge in [-0.25, -0.2) is 0 Å². The van der Waals surface area contributed by atoms with E-state index in [1.54, 1.807) is 24.4 Å². The maximum absolute atomic E-state index is 11.3. The molecule has 1 aromatic carbocycles. The van der Waals surface area contributed by atoms with Crippen LogP contribution in [0.1, 0.15) is 17.3 Å². The number of carbonyl (C=O) groups is 1. The highest BCUT2D eigenvalue weighted by Gasteiger charge is 2.07. The van der Waals surface area contributed by atoms with Gasteiger partial charge in [0.25, 0.3) is 0 Å². The number of nitrogens with two attached hydrogens (primary N) is 1. The van der Waals surface area contributed by atoms with Crippen molar-refractivity contribution in [3.05, 3.63) is 36.0 Å². The third kappa shape index (κ3) is 1.23. The van der Waals surface area contributed by atoms with Gasteiger partial charge in [0.2, 0.25) is 0 Å². The third-order valence-electron chi connectivity index (χ3n) is 2.18. The summed E-state index contributed by atoms with van der Waals surface area (Å²) in [5.74, 6) is 0.0306. The molecule has 0 bridgehead atoms. The van der Waals surface area contributed by atoms with Crippen LogP contribution in [-0.4, -0.2) is 10.8 Å². The van der Waals surface area contributed by atoms with Crippen LogP contribution in [0.5, 0.6) is 0 Å². The molecule has 1 heterocycles. The first-order valence-electron chi connectivity index (χ1n) is 4.34. The summed E-state index contributed by atoms with van der Waals surface area (Å²) in [6.07, 6.45) is 1.67. The van der Waals surface area contributed by atoms with Crippen molar-refractivity contribution < 1.29 is 4.79 Å². The van der Waals surface area contributed by atoms with Crippen LogP contribution in [0.2, 0.25) is 0 Å². The second-order valence-electron chi connectivity index (χ2n) is 3.16. The second kappa shape index (κ2) is 3.10. The summed E-state index contributed by atoms with van der Waals surface area (Å²) in [5, 5.41) is 0.819. The van der Waals surface area contributed by atoms with Crippen LogP contribution >= 0.6 is 0 Å². The van der Waals surface area contributed by atoms with Crippen molar-refractivity contribution in [3.8, 4) is 0 Å². The lowest BCUT2D eigenvalue weighted by Crippen LogP contribution is -1.97. The van der Waals surface area contributed by atoms with E-state index in [1.807, 2.05) is 6.07 Å². The normalized spacial score (nSPS) is 10.4. The van der Waals surface area contributed by atoms with Crippen molar-refractivity contribution in [2.75, 3.05) is 5.73 Å². The lowest BCUT2D eigenvalue weighted by Gasteiger charge is -2.04. The number of rotatable bonds is 1. The number of aromatic nitrogens is 1. The zero-order chi connectivity index (χ0) is 10.1. The Morgan fingerprint density at radius 2 is 2.14 bits per heavy atom. The van der Waals surface area contributed by atoms with Crippen molar-refractivity contribution in [2.24, 2.45) is 0 Å². The SMILES string of the molecule is CC(=O)c1ccc(N)c2ncccc12. The molecule has 0 aliphatic heterocycles. The number of anilines is 1. The van der Waals surface area contributed by atoms with E-state index in [-0.39, 0.29) is 5.78 Å². The molecule has 0 aliphatic rings. The van der Waals surface area contributed by atoms with Crippen LogP contribution in [0.15, 0.2) is 30.5 Å². The highest BCUT2D eigenvalue weighted by atomic mass is 16.1. The zero-order valence-electron chi connectivity index (χ0n) is 7.82. The first-order valence-corrected chi connectivity index (χ1v) is 4.34. The summed E-state index contributed by atoms with van der Waals surface area (Å²) in [4.78, 5) is 15.4. The van der Waals surface area contributed by atoms with E-state index < -0.39 is 0 Å². The largest absolute Gasteiger partial charge is 0.397 e. The number of hydrogen-bond donors (Lipinski definition) is 1. The van der Waals surface area contributed by atoms with Crippen LogP contribution in [0.3, 0.4) is 0 Å². The maximum atomic E-state index is 11.3. The molecule has 70 valence electrons. The van der Waals surface area contributed by atoms with Gasteiger partial charge in [-0.05, 0) is 25.1 Å². The molecule has 14 heavy (non-hydrogen) atoms. The summed E-state index contributed by atoms with van der Waals surface area (Å²) in [6, 6.07) is 7.11. The Kier molecular flexibility index (Phi) is 1.93. The molecule has 0 radical (unpaired) electrons. The van der Waals surface area contributed by atoms with Gasteiger partial charge in [-0.3, -0.25) is 9.78 Å². The average molecular weight is 186 g/mol. The van der Waals surface area contributed by atoms with Crippen molar-refractivity contribution >= 4 is 22.4 Å². The summed E-state index contributed by atoms with van der Waals surface area (Å²) in [7, 11) is 0. The molecule has 1 aromatic heterocycles. The van der Waals surface area contributed by atoms with E-state index in [9.17, 15) is 4.79 Å². The zero-order valence-corrected chi connectivity index (χ0v) is 7.82. The second-order valence-corrected chi connectivity index (χ2v) is 3.16. The lowest BCUT2D eigenvalue weighted by atomic mass is 10.0. The molecule has 0 amide bonds. The molecule has 0 spiro atoms. The van der Waals surface area contributed by atoms with E-state index in [2.05, 4.69) is 4.98 Å². The molecular weight excluding hydrogens is 176 g/mol. The van der Waals surface area contributed by atoms with E-state index in [4.69, 9.17) is 5.73 Å². The number of ketones is 1. The van der Waals surface area contributed by atoms with Gasteiger partial charge in [0.05, 0.1) is 11.2 Å². The predicted octanol–water partition coefficient (Wildman–Crippen LogP) is 2.02. The van der Waals surface area contributed by atoms with Gasteiger partial charge >= 0.3 is 0 Å². The topological polar surface area (TPSA) is 56.0 Å². The molecule has 0 unspecified atom stereocenters. The van der Waals surface area contributed by atoms with Crippen molar-refractivity contribution in [3.63, 3.8) is 0 Å². The number of benzene rings is 1. The van der Waals surface area contributed by atoms with Gasteiger partial charge in [-0.1, -0.05) is 6.07 Å². The number of Topliss-reactive ketones (excluding diaryl/α,β-unsaturated/α-hetero) is 1. The number of fused-ring (bicyclic) bond motifs is 1. The fraction of sp³-hybridized carbons (Fsp3) is 0.0909. The molecule has 0 aliphatic carbocycles. The van der Waals surface area contributed by atoms with Gasteiger partial charge in [0.15, 0.2) is 5.78 Å². The lowest BCUT2D eigenvalue weighted by molar-refractivity contribution is 0.101. The molecular formula is C11H10N2O. The molecule has 3 heteroatoms. The monoisotopic (exact) mass is 186 g/mol. The predicted molar refractivity (Wildman–Crippen MR) is 56.2 cm³/mol. The molecule has 2 N–H and O–H groups in total. The number of pyridine rings is 1. The number of nitrogen functional groups attached to an aromatic ring is 1. The highest BCUT2D eigenvalue weighted by Crippen LogP contribution is 2.22. The number of carbonyl (C=O) groups excluding carboxylic acids is 1. The Morgan fingerprint density at radius 3 is 2.86 bits per heavy atom. The molecule has 0 atom stereocenters. The van der Waals surface area contributed by atoms with Crippen LogP contribution in [0, 0.1) is 0 Å². The molecule has 2 aromatic rings. The Morgan fingerprint density at radius 1 is 1.36 bits per heavy atom. The van der Waals surface area contributed by atoms with Crippen LogP contribution in [0.25, 0.3) is 10.9 Å². The molecule has 0 fully saturated rings. The molecule has 2 rings (SSSR count). The van der Waals surface area contributed by atoms with E-state index in [0.29, 0.717) is 16.8 Å². The first kappa shape index (κ1) is 8.69. The van der Waals surface area contributed by atoms with Gasteiger partial charge in [-0.2, -0.15) is 0 Å². The van der Waals surface area contributed by atoms with E-state index >= 15 is 0 Å². The fourth-order valence-corrected chi connectivity index (χ4v) is 1.50. The minimum Gasteiger partial charge on any atom is -0.397 e. The smallest absolute Gasteiger partial charge is 0.160 e. The minimum atomic E-state index is 0.0306. The Balaban J connectivity index is 2.88. The third-order valence-corrected chi connectivity index (χ3v) is 2.18. The Labute approximate surface area is 81.6 Å². The van der Waals surface area contributed by atoms with Gasteiger partial charge < -0.3 is 5.73 Å². The summed E-state index contributed by atoms with van der Waals surface area (Å²) < 4.78 is 0. The summed E-state index contributed by atoms with van der Waals surface area (Å²) in [5.41, 5.74) is 7.72. The summed E-state index contributed by atoms with van der Waals surface area (Å²) in [6.45, 7) is 1.54.